The summed E-state index contributed by atoms with van der Waals surface area (Å²) in [6.45, 7) is -0.471. The maximum Gasteiger partial charge on any atom is 0.206 e. The van der Waals surface area contributed by atoms with Crippen LogP contribution in [-0.2, 0) is 5.60 Å². The lowest BCUT2D eigenvalue weighted by Crippen LogP contribution is -2.44. The van der Waals surface area contributed by atoms with E-state index in [1.165, 1.54) is 37.4 Å². The molecule has 2 aromatic rings. The number of phenolic OH excluding ortho intramolecular Hbond substituents is 3. The van der Waals surface area contributed by atoms with Crippen LogP contribution in [0.1, 0.15) is 15.9 Å². The van der Waals surface area contributed by atoms with Crippen LogP contribution in [0.3, 0.4) is 0 Å². The van der Waals surface area contributed by atoms with E-state index >= 15 is 0 Å². The third-order valence-corrected chi connectivity index (χ3v) is 3.80. The fourth-order valence-electron chi connectivity index (χ4n) is 2.55. The van der Waals surface area contributed by atoms with E-state index in [1.807, 2.05) is 0 Å². The van der Waals surface area contributed by atoms with Gasteiger partial charge in [-0.1, -0.05) is 0 Å². The fraction of sp³-hybridized carbons (Fsp3) is 0.188. The number of carbonyl (C=O) groups excluding carboxylic acids is 1. The lowest BCUT2D eigenvalue weighted by Gasteiger charge is -2.32. The van der Waals surface area contributed by atoms with E-state index in [0.29, 0.717) is 0 Å². The molecule has 1 aliphatic rings. The van der Waals surface area contributed by atoms with Gasteiger partial charge in [0.25, 0.3) is 0 Å². The van der Waals surface area contributed by atoms with E-state index in [2.05, 4.69) is 0 Å². The fourth-order valence-corrected chi connectivity index (χ4v) is 2.55. The Hall–Kier alpha value is -2.93. The van der Waals surface area contributed by atoms with Gasteiger partial charge in [-0.05, 0) is 24.3 Å². The maximum absolute atomic E-state index is 12.6. The third kappa shape index (κ3) is 2.13. The van der Waals surface area contributed by atoms with E-state index < -0.39 is 29.5 Å². The molecule has 1 atom stereocenters. The minimum absolute atomic E-state index is 0.00403. The van der Waals surface area contributed by atoms with Gasteiger partial charge in [-0.25, -0.2) is 0 Å². The van der Waals surface area contributed by atoms with Crippen LogP contribution >= 0.6 is 0 Å². The Morgan fingerprint density at radius 2 is 1.87 bits per heavy atom. The molecule has 0 radical (unpaired) electrons. The van der Waals surface area contributed by atoms with Gasteiger partial charge in [0.2, 0.25) is 11.5 Å². The molecular formula is C16H14O7. The summed E-state index contributed by atoms with van der Waals surface area (Å²) in [5, 5.41) is 40.1. The number of carbonyl (C=O) groups is 1. The van der Waals surface area contributed by atoms with Gasteiger partial charge >= 0.3 is 0 Å². The van der Waals surface area contributed by atoms with Gasteiger partial charge in [0.1, 0.15) is 18.1 Å². The molecule has 0 amide bonds. The van der Waals surface area contributed by atoms with Gasteiger partial charge in [-0.2, -0.15) is 0 Å². The zero-order valence-electron chi connectivity index (χ0n) is 12.1. The van der Waals surface area contributed by atoms with Gasteiger partial charge in [0, 0.05) is 11.6 Å². The Kier molecular flexibility index (Phi) is 3.30. The molecule has 0 saturated heterocycles. The standard InChI is InChI=1S/C16H14O7/c1-22-11-5-4-10(13(18)14(11)19)16(21)7-23-12-6-8(17)2-3-9(12)15(16)20/h2-6,17-19,21H,7H2,1H3/t16-/m0/s1. The first-order valence-electron chi connectivity index (χ1n) is 6.71. The number of hydrogen-bond acceptors (Lipinski definition) is 7. The predicted octanol–water partition coefficient (Wildman–Crippen LogP) is 1.27. The summed E-state index contributed by atoms with van der Waals surface area (Å²) in [6, 6.07) is 6.47. The number of phenols is 3. The first-order valence-corrected chi connectivity index (χ1v) is 6.71. The molecule has 7 heteroatoms. The molecule has 23 heavy (non-hydrogen) atoms. The van der Waals surface area contributed by atoms with Gasteiger partial charge in [-0.3, -0.25) is 4.79 Å². The van der Waals surface area contributed by atoms with Gasteiger partial charge in [0.05, 0.1) is 12.7 Å². The highest BCUT2D eigenvalue weighted by Crippen LogP contribution is 2.45. The summed E-state index contributed by atoms with van der Waals surface area (Å²) in [5.41, 5.74) is -2.30. The van der Waals surface area contributed by atoms with Crippen molar-refractivity contribution in [2.75, 3.05) is 13.7 Å². The van der Waals surface area contributed by atoms with Crippen molar-refractivity contribution in [1.29, 1.82) is 0 Å². The molecule has 0 bridgehead atoms. The summed E-state index contributed by atoms with van der Waals surface area (Å²) >= 11 is 0. The second kappa shape index (κ2) is 5.06. The number of ketones is 1. The monoisotopic (exact) mass is 318 g/mol. The van der Waals surface area contributed by atoms with Crippen molar-refractivity contribution in [3.8, 4) is 28.7 Å². The van der Waals surface area contributed by atoms with Crippen LogP contribution in [0.4, 0.5) is 0 Å². The number of ether oxygens (including phenoxy) is 2. The van der Waals surface area contributed by atoms with E-state index in [9.17, 15) is 25.2 Å². The minimum atomic E-state index is -2.17. The van der Waals surface area contributed by atoms with Crippen molar-refractivity contribution in [2.24, 2.45) is 0 Å². The second-order valence-corrected chi connectivity index (χ2v) is 5.17. The summed E-state index contributed by atoms with van der Waals surface area (Å²) in [7, 11) is 1.31. The molecule has 0 aromatic heterocycles. The van der Waals surface area contributed by atoms with Crippen LogP contribution in [0.2, 0.25) is 0 Å². The molecule has 120 valence electrons. The Balaban J connectivity index is 2.12. The van der Waals surface area contributed by atoms with Crippen LogP contribution in [-0.4, -0.2) is 39.9 Å². The lowest BCUT2D eigenvalue weighted by atomic mass is 9.83. The lowest BCUT2D eigenvalue weighted by molar-refractivity contribution is -0.00649. The van der Waals surface area contributed by atoms with Crippen molar-refractivity contribution in [1.82, 2.24) is 0 Å². The van der Waals surface area contributed by atoms with Crippen LogP contribution in [0.15, 0.2) is 30.3 Å². The smallest absolute Gasteiger partial charge is 0.206 e. The maximum atomic E-state index is 12.6. The van der Waals surface area contributed by atoms with E-state index in [0.717, 1.165) is 0 Å². The molecule has 3 rings (SSSR count). The molecule has 4 N–H and O–H groups in total. The van der Waals surface area contributed by atoms with Gasteiger partial charge in [-0.15, -0.1) is 0 Å². The molecule has 7 nitrogen and oxygen atoms in total. The van der Waals surface area contributed by atoms with Gasteiger partial charge in [0.15, 0.2) is 17.1 Å². The molecule has 1 heterocycles. The number of benzene rings is 2. The number of aromatic hydroxyl groups is 3. The van der Waals surface area contributed by atoms with Crippen LogP contribution in [0.5, 0.6) is 28.7 Å². The van der Waals surface area contributed by atoms with Crippen LogP contribution in [0.25, 0.3) is 0 Å². The van der Waals surface area contributed by atoms with E-state index in [1.54, 1.807) is 0 Å². The van der Waals surface area contributed by atoms with Crippen LogP contribution < -0.4 is 9.47 Å². The molecule has 2 aromatic carbocycles. The van der Waals surface area contributed by atoms with Crippen molar-refractivity contribution in [2.45, 2.75) is 5.60 Å². The summed E-state index contributed by atoms with van der Waals surface area (Å²) in [5.74, 6) is -1.89. The average molecular weight is 318 g/mol. The predicted molar refractivity (Wildman–Crippen MR) is 78.2 cm³/mol. The molecule has 1 aliphatic heterocycles. The zero-order valence-corrected chi connectivity index (χ0v) is 12.1. The van der Waals surface area contributed by atoms with Crippen molar-refractivity contribution in [3.05, 3.63) is 41.5 Å². The second-order valence-electron chi connectivity index (χ2n) is 5.17. The first kappa shape index (κ1) is 15.0. The SMILES string of the molecule is COc1ccc([C@@]2(O)COc3cc(O)ccc3C2=O)c(O)c1O. The topological polar surface area (TPSA) is 116 Å². The number of rotatable bonds is 2. The van der Waals surface area contributed by atoms with E-state index in [4.69, 9.17) is 9.47 Å². The molecule has 0 saturated carbocycles. The molecular weight excluding hydrogens is 304 g/mol. The number of hydrogen-bond donors (Lipinski definition) is 4. The molecule has 0 spiro atoms. The zero-order chi connectivity index (χ0) is 16.8. The summed E-state index contributed by atoms with van der Waals surface area (Å²) in [6.07, 6.45) is 0. The Morgan fingerprint density at radius 3 is 2.57 bits per heavy atom. The van der Waals surface area contributed by atoms with Crippen LogP contribution in [0, 0.1) is 0 Å². The molecule has 0 aliphatic carbocycles. The number of aliphatic hydroxyl groups is 1. The Labute approximate surface area is 131 Å². The highest BCUT2D eigenvalue weighted by molar-refractivity contribution is 6.06. The molecule has 0 fully saturated rings. The summed E-state index contributed by atoms with van der Waals surface area (Å²) < 4.78 is 10.2. The first-order chi connectivity index (χ1) is 10.9. The molecule has 0 unspecified atom stereocenters. The highest BCUT2D eigenvalue weighted by Gasteiger charge is 2.46. The minimum Gasteiger partial charge on any atom is -0.508 e. The quantitative estimate of drug-likeness (QED) is 0.616. The highest BCUT2D eigenvalue weighted by atomic mass is 16.5. The Bertz CT molecular complexity index is 799. The van der Waals surface area contributed by atoms with Crippen molar-refractivity contribution in [3.63, 3.8) is 0 Å². The third-order valence-electron chi connectivity index (χ3n) is 3.80. The average Bonchev–Trinajstić information content (AvgIpc) is 2.53. The van der Waals surface area contributed by atoms with Gasteiger partial charge < -0.3 is 29.9 Å². The largest absolute Gasteiger partial charge is 0.508 e. The number of fused-ring (bicyclic) bond motifs is 1. The Morgan fingerprint density at radius 1 is 1.13 bits per heavy atom. The normalized spacial score (nSPS) is 19.8. The van der Waals surface area contributed by atoms with Crippen molar-refractivity contribution < 1.29 is 34.7 Å². The van der Waals surface area contributed by atoms with Crippen molar-refractivity contribution >= 4 is 5.78 Å². The summed E-state index contributed by atoms with van der Waals surface area (Å²) in [4.78, 5) is 12.6. The number of Topliss-reactive ketones (excluding diaryl/α,β-unsaturated/α-hetero) is 1. The number of methoxy groups -OCH3 is 1. The van der Waals surface area contributed by atoms with E-state index in [-0.39, 0.29) is 28.4 Å².